The van der Waals surface area contributed by atoms with Crippen LogP contribution >= 0.6 is 22.9 Å². The van der Waals surface area contributed by atoms with Crippen LogP contribution in [-0.2, 0) is 0 Å². The van der Waals surface area contributed by atoms with Gasteiger partial charge in [0, 0.05) is 10.8 Å². The van der Waals surface area contributed by atoms with Gasteiger partial charge in [-0.3, -0.25) is 0 Å². The Hall–Kier alpha value is -0.0500. The number of halogens is 1. The Morgan fingerprint density at radius 3 is 2.73 bits per heavy atom. The molecule has 1 unspecified atom stereocenters. The minimum absolute atomic E-state index is 0.372. The lowest BCUT2D eigenvalue weighted by atomic mass is 10.2. The SMILES string of the molecule is CN(C)C(CCl)c1cccs1. The molecule has 3 heteroatoms. The molecule has 0 aliphatic rings. The van der Waals surface area contributed by atoms with E-state index in [4.69, 9.17) is 11.6 Å². The molecule has 62 valence electrons. The number of rotatable bonds is 3. The molecule has 0 aromatic carbocycles. The van der Waals surface area contributed by atoms with Gasteiger partial charge in [0.2, 0.25) is 0 Å². The van der Waals surface area contributed by atoms with E-state index in [9.17, 15) is 0 Å². The third-order valence-electron chi connectivity index (χ3n) is 1.64. The molecule has 0 bridgehead atoms. The lowest BCUT2D eigenvalue weighted by Gasteiger charge is -2.20. The topological polar surface area (TPSA) is 3.24 Å². The minimum atomic E-state index is 0.372. The predicted octanol–water partition coefficient (Wildman–Crippen LogP) is 2.59. The fourth-order valence-corrected chi connectivity index (χ4v) is 2.41. The van der Waals surface area contributed by atoms with Gasteiger partial charge in [-0.05, 0) is 25.5 Å². The quantitative estimate of drug-likeness (QED) is 0.661. The van der Waals surface area contributed by atoms with Gasteiger partial charge in [-0.25, -0.2) is 0 Å². The van der Waals surface area contributed by atoms with Crippen molar-refractivity contribution in [1.29, 1.82) is 0 Å². The highest BCUT2D eigenvalue weighted by Gasteiger charge is 2.12. The molecule has 1 aromatic rings. The van der Waals surface area contributed by atoms with Crippen LogP contribution in [0.15, 0.2) is 17.5 Å². The summed E-state index contributed by atoms with van der Waals surface area (Å²) in [5, 5.41) is 2.08. The summed E-state index contributed by atoms with van der Waals surface area (Å²) in [5.74, 6) is 0.660. The average molecular weight is 190 g/mol. The molecule has 0 N–H and O–H groups in total. The molecule has 0 aliphatic heterocycles. The highest BCUT2D eigenvalue weighted by atomic mass is 35.5. The van der Waals surface area contributed by atoms with Crippen LogP contribution in [0.4, 0.5) is 0 Å². The smallest absolute Gasteiger partial charge is 0.0572 e. The molecule has 1 atom stereocenters. The predicted molar refractivity (Wildman–Crippen MR) is 51.5 cm³/mol. The molecule has 1 aromatic heterocycles. The van der Waals surface area contributed by atoms with Crippen LogP contribution in [0.5, 0.6) is 0 Å². The summed E-state index contributed by atoms with van der Waals surface area (Å²) < 4.78 is 0. The standard InChI is InChI=1S/C8H12ClNS/c1-10(2)7(6-9)8-4-3-5-11-8/h3-5,7H,6H2,1-2H3. The van der Waals surface area contributed by atoms with Crippen molar-refractivity contribution in [2.75, 3.05) is 20.0 Å². The second-order valence-electron chi connectivity index (χ2n) is 2.65. The maximum atomic E-state index is 5.82. The number of alkyl halides is 1. The van der Waals surface area contributed by atoms with Crippen molar-refractivity contribution >= 4 is 22.9 Å². The van der Waals surface area contributed by atoms with E-state index in [1.807, 2.05) is 14.1 Å². The first-order chi connectivity index (χ1) is 5.25. The van der Waals surface area contributed by atoms with Gasteiger partial charge in [-0.1, -0.05) is 6.07 Å². The Labute approximate surface area is 76.6 Å². The van der Waals surface area contributed by atoms with Crippen molar-refractivity contribution in [3.63, 3.8) is 0 Å². The van der Waals surface area contributed by atoms with Gasteiger partial charge >= 0.3 is 0 Å². The molecule has 0 fully saturated rings. The van der Waals surface area contributed by atoms with E-state index in [0.717, 1.165) is 0 Å². The van der Waals surface area contributed by atoms with Crippen LogP contribution in [0.3, 0.4) is 0 Å². The van der Waals surface area contributed by atoms with Gasteiger partial charge in [-0.2, -0.15) is 0 Å². The summed E-state index contributed by atoms with van der Waals surface area (Å²) in [6.45, 7) is 0. The lowest BCUT2D eigenvalue weighted by Crippen LogP contribution is -2.20. The summed E-state index contributed by atoms with van der Waals surface area (Å²) in [4.78, 5) is 3.48. The fourth-order valence-electron chi connectivity index (χ4n) is 0.949. The Balaban J connectivity index is 2.71. The summed E-state index contributed by atoms with van der Waals surface area (Å²) in [6, 6.07) is 4.55. The van der Waals surface area contributed by atoms with Gasteiger partial charge in [0.1, 0.15) is 0 Å². The molecular formula is C8H12ClNS. The normalized spacial score (nSPS) is 13.8. The molecule has 1 nitrogen and oxygen atoms in total. The second kappa shape index (κ2) is 4.10. The summed E-state index contributed by atoms with van der Waals surface area (Å²) >= 11 is 7.58. The molecule has 11 heavy (non-hydrogen) atoms. The Kier molecular flexibility index (Phi) is 3.37. The molecule has 0 saturated heterocycles. The van der Waals surface area contributed by atoms with Crippen molar-refractivity contribution in [3.05, 3.63) is 22.4 Å². The van der Waals surface area contributed by atoms with Crippen LogP contribution in [0.1, 0.15) is 10.9 Å². The van der Waals surface area contributed by atoms with Gasteiger partial charge < -0.3 is 4.90 Å². The molecule has 0 amide bonds. The summed E-state index contributed by atoms with van der Waals surface area (Å²) in [6.07, 6.45) is 0. The zero-order chi connectivity index (χ0) is 8.27. The zero-order valence-electron chi connectivity index (χ0n) is 6.75. The van der Waals surface area contributed by atoms with Crippen LogP contribution in [0.2, 0.25) is 0 Å². The first-order valence-electron chi connectivity index (χ1n) is 3.51. The Morgan fingerprint density at radius 2 is 2.36 bits per heavy atom. The van der Waals surface area contributed by atoms with Crippen molar-refractivity contribution in [1.82, 2.24) is 4.90 Å². The minimum Gasteiger partial charge on any atom is -0.301 e. The molecule has 1 rings (SSSR count). The van der Waals surface area contributed by atoms with Crippen molar-refractivity contribution in [3.8, 4) is 0 Å². The third-order valence-corrected chi connectivity index (χ3v) is 2.91. The molecule has 0 saturated carbocycles. The Morgan fingerprint density at radius 1 is 1.64 bits per heavy atom. The van der Waals surface area contributed by atoms with E-state index in [1.165, 1.54) is 4.88 Å². The zero-order valence-corrected chi connectivity index (χ0v) is 8.32. The van der Waals surface area contributed by atoms with E-state index >= 15 is 0 Å². The number of hydrogen-bond donors (Lipinski definition) is 0. The largest absolute Gasteiger partial charge is 0.301 e. The van der Waals surface area contributed by atoms with E-state index in [1.54, 1.807) is 11.3 Å². The van der Waals surface area contributed by atoms with Crippen LogP contribution < -0.4 is 0 Å². The highest BCUT2D eigenvalue weighted by molar-refractivity contribution is 7.10. The number of hydrogen-bond acceptors (Lipinski definition) is 2. The summed E-state index contributed by atoms with van der Waals surface area (Å²) in [5.41, 5.74) is 0. The molecule has 1 heterocycles. The van der Waals surface area contributed by atoms with Crippen LogP contribution in [0.25, 0.3) is 0 Å². The molecule has 0 radical (unpaired) electrons. The van der Waals surface area contributed by atoms with E-state index in [0.29, 0.717) is 11.9 Å². The number of nitrogens with zero attached hydrogens (tertiary/aromatic N) is 1. The van der Waals surface area contributed by atoms with Gasteiger partial charge in [0.05, 0.1) is 6.04 Å². The maximum absolute atomic E-state index is 5.82. The van der Waals surface area contributed by atoms with Gasteiger partial charge in [0.25, 0.3) is 0 Å². The first kappa shape index (κ1) is 9.04. The Bertz CT molecular complexity index is 196. The maximum Gasteiger partial charge on any atom is 0.0572 e. The van der Waals surface area contributed by atoms with E-state index in [2.05, 4.69) is 22.4 Å². The van der Waals surface area contributed by atoms with Crippen molar-refractivity contribution in [2.45, 2.75) is 6.04 Å². The van der Waals surface area contributed by atoms with Crippen LogP contribution in [0, 0.1) is 0 Å². The summed E-state index contributed by atoms with van der Waals surface area (Å²) in [7, 11) is 4.10. The fraction of sp³-hybridized carbons (Fsp3) is 0.500. The average Bonchev–Trinajstić information content (AvgIpc) is 2.40. The highest BCUT2D eigenvalue weighted by Crippen LogP contribution is 2.23. The van der Waals surface area contributed by atoms with Crippen LogP contribution in [-0.4, -0.2) is 24.9 Å². The first-order valence-corrected chi connectivity index (χ1v) is 4.93. The van der Waals surface area contributed by atoms with Gasteiger partial charge in [0.15, 0.2) is 0 Å². The molecule has 0 aliphatic carbocycles. The number of thiophene rings is 1. The molecular weight excluding hydrogens is 178 g/mol. The van der Waals surface area contributed by atoms with E-state index in [-0.39, 0.29) is 0 Å². The van der Waals surface area contributed by atoms with Crippen molar-refractivity contribution in [2.24, 2.45) is 0 Å². The second-order valence-corrected chi connectivity index (χ2v) is 3.94. The van der Waals surface area contributed by atoms with Gasteiger partial charge in [-0.15, -0.1) is 22.9 Å². The lowest BCUT2D eigenvalue weighted by molar-refractivity contribution is 0.329. The van der Waals surface area contributed by atoms with Crippen molar-refractivity contribution < 1.29 is 0 Å². The third kappa shape index (κ3) is 2.19. The molecule has 0 spiro atoms. The monoisotopic (exact) mass is 189 g/mol. The van der Waals surface area contributed by atoms with E-state index < -0.39 is 0 Å².